The molecule has 1 aliphatic heterocycles. The van der Waals surface area contributed by atoms with Crippen LogP contribution in [0.15, 0.2) is 18.3 Å². The molecule has 23 heavy (non-hydrogen) atoms. The zero-order valence-electron chi connectivity index (χ0n) is 13.9. The molecular formula is C17H23N3O3. The van der Waals surface area contributed by atoms with Crippen molar-refractivity contribution in [1.82, 2.24) is 9.88 Å². The summed E-state index contributed by atoms with van der Waals surface area (Å²) in [6.45, 7) is 7.59. The number of nitriles is 1. The van der Waals surface area contributed by atoms with Gasteiger partial charge in [-0.1, -0.05) is 0 Å². The minimum atomic E-state index is -0.459. The van der Waals surface area contributed by atoms with Crippen molar-refractivity contribution in [2.75, 3.05) is 19.7 Å². The number of hydrogen-bond acceptors (Lipinski definition) is 5. The standard InChI is InChI=1S/C17H23N3O3/c1-17(2,3)23-16(21)20-8-6-13(7-9-20)12-22-15-5-4-14(10-18)19-11-15/h4-5,11,13H,6-9,12H2,1-3H3. The number of nitrogens with zero attached hydrogens (tertiary/aromatic N) is 3. The Morgan fingerprint density at radius 1 is 1.39 bits per heavy atom. The van der Waals surface area contributed by atoms with Gasteiger partial charge in [0.1, 0.15) is 23.1 Å². The highest BCUT2D eigenvalue weighted by Gasteiger charge is 2.27. The summed E-state index contributed by atoms with van der Waals surface area (Å²) in [5.41, 5.74) is -0.0809. The van der Waals surface area contributed by atoms with Gasteiger partial charge in [-0.3, -0.25) is 0 Å². The first kappa shape index (κ1) is 17.1. The second-order valence-corrected chi connectivity index (χ2v) is 6.71. The number of ether oxygens (including phenoxy) is 2. The van der Waals surface area contributed by atoms with E-state index in [9.17, 15) is 4.79 Å². The monoisotopic (exact) mass is 317 g/mol. The van der Waals surface area contributed by atoms with Gasteiger partial charge in [0.25, 0.3) is 0 Å². The predicted molar refractivity (Wildman–Crippen MR) is 85.0 cm³/mol. The Morgan fingerprint density at radius 3 is 2.61 bits per heavy atom. The summed E-state index contributed by atoms with van der Waals surface area (Å²) < 4.78 is 11.1. The van der Waals surface area contributed by atoms with Crippen LogP contribution in [0.3, 0.4) is 0 Å². The summed E-state index contributed by atoms with van der Waals surface area (Å²) >= 11 is 0. The molecule has 2 heterocycles. The zero-order valence-corrected chi connectivity index (χ0v) is 13.9. The predicted octanol–water partition coefficient (Wildman–Crippen LogP) is 2.98. The topological polar surface area (TPSA) is 75.4 Å². The van der Waals surface area contributed by atoms with Crippen molar-refractivity contribution in [3.63, 3.8) is 0 Å². The van der Waals surface area contributed by atoms with E-state index in [0.29, 0.717) is 37.1 Å². The van der Waals surface area contributed by atoms with Gasteiger partial charge < -0.3 is 14.4 Å². The Balaban J connectivity index is 1.74. The summed E-state index contributed by atoms with van der Waals surface area (Å²) in [7, 11) is 0. The molecule has 0 saturated carbocycles. The van der Waals surface area contributed by atoms with Gasteiger partial charge in [-0.25, -0.2) is 9.78 Å². The summed E-state index contributed by atoms with van der Waals surface area (Å²) in [5.74, 6) is 1.07. The van der Waals surface area contributed by atoms with Crippen molar-refractivity contribution in [2.45, 2.75) is 39.2 Å². The van der Waals surface area contributed by atoms with Crippen LogP contribution >= 0.6 is 0 Å². The second kappa shape index (κ2) is 7.32. The summed E-state index contributed by atoms with van der Waals surface area (Å²) in [5, 5.41) is 8.71. The van der Waals surface area contributed by atoms with Crippen LogP contribution in [0.25, 0.3) is 0 Å². The lowest BCUT2D eigenvalue weighted by molar-refractivity contribution is 0.0165. The molecule has 1 amide bonds. The van der Waals surface area contributed by atoms with E-state index in [2.05, 4.69) is 4.98 Å². The third kappa shape index (κ3) is 5.44. The fourth-order valence-electron chi connectivity index (χ4n) is 2.35. The van der Waals surface area contributed by atoms with Crippen LogP contribution in [-0.2, 0) is 4.74 Å². The molecule has 124 valence electrons. The van der Waals surface area contributed by atoms with E-state index < -0.39 is 5.60 Å². The quantitative estimate of drug-likeness (QED) is 0.856. The average molecular weight is 317 g/mol. The van der Waals surface area contributed by atoms with Gasteiger partial charge in [-0.2, -0.15) is 5.26 Å². The van der Waals surface area contributed by atoms with Crippen molar-refractivity contribution >= 4 is 6.09 Å². The minimum absolute atomic E-state index is 0.242. The Kier molecular flexibility index (Phi) is 5.43. The molecule has 6 heteroatoms. The van der Waals surface area contributed by atoms with Crippen LogP contribution in [0.1, 0.15) is 39.3 Å². The molecule has 1 aromatic heterocycles. The first-order chi connectivity index (χ1) is 10.9. The normalized spacial score (nSPS) is 15.8. The van der Waals surface area contributed by atoms with Crippen molar-refractivity contribution in [1.29, 1.82) is 5.26 Å². The van der Waals surface area contributed by atoms with Gasteiger partial charge in [0.15, 0.2) is 0 Å². The highest BCUT2D eigenvalue weighted by molar-refractivity contribution is 5.68. The molecule has 0 aliphatic carbocycles. The number of amides is 1. The van der Waals surface area contributed by atoms with Crippen molar-refractivity contribution in [3.8, 4) is 11.8 Å². The van der Waals surface area contributed by atoms with Crippen LogP contribution in [0, 0.1) is 17.2 Å². The molecule has 0 atom stereocenters. The Bertz CT molecular complexity index is 564. The van der Waals surface area contributed by atoms with Gasteiger partial charge in [0, 0.05) is 13.1 Å². The number of piperidine rings is 1. The smallest absolute Gasteiger partial charge is 0.410 e. The number of carbonyl (C=O) groups excluding carboxylic acids is 1. The number of hydrogen-bond donors (Lipinski definition) is 0. The summed E-state index contributed by atoms with van der Waals surface area (Å²) in [6, 6.07) is 5.37. The zero-order chi connectivity index (χ0) is 16.9. The van der Waals surface area contributed by atoms with Crippen molar-refractivity contribution in [2.24, 2.45) is 5.92 Å². The number of rotatable bonds is 3. The van der Waals surface area contributed by atoms with Crippen molar-refractivity contribution < 1.29 is 14.3 Å². The van der Waals surface area contributed by atoms with Gasteiger partial charge in [-0.15, -0.1) is 0 Å². The van der Waals surface area contributed by atoms with Crippen LogP contribution in [0.4, 0.5) is 4.79 Å². The summed E-state index contributed by atoms with van der Waals surface area (Å²) in [4.78, 5) is 17.7. The van der Waals surface area contributed by atoms with Crippen molar-refractivity contribution in [3.05, 3.63) is 24.0 Å². The van der Waals surface area contributed by atoms with E-state index in [0.717, 1.165) is 12.8 Å². The second-order valence-electron chi connectivity index (χ2n) is 6.71. The average Bonchev–Trinajstić information content (AvgIpc) is 2.52. The molecule has 0 unspecified atom stereocenters. The Morgan fingerprint density at radius 2 is 2.09 bits per heavy atom. The molecule has 0 spiro atoms. The van der Waals surface area contributed by atoms with Crippen LogP contribution in [-0.4, -0.2) is 41.3 Å². The first-order valence-electron chi connectivity index (χ1n) is 7.84. The maximum Gasteiger partial charge on any atom is 0.410 e. The minimum Gasteiger partial charge on any atom is -0.492 e. The molecule has 1 fully saturated rings. The molecule has 0 radical (unpaired) electrons. The lowest BCUT2D eigenvalue weighted by atomic mass is 9.98. The Labute approximate surface area is 137 Å². The molecule has 1 aromatic rings. The number of aromatic nitrogens is 1. The van der Waals surface area contributed by atoms with E-state index in [1.807, 2.05) is 26.8 Å². The lowest BCUT2D eigenvalue weighted by Crippen LogP contribution is -2.42. The fourth-order valence-corrected chi connectivity index (χ4v) is 2.35. The molecule has 6 nitrogen and oxygen atoms in total. The maximum atomic E-state index is 12.0. The van der Waals surface area contributed by atoms with Gasteiger partial charge in [0.05, 0.1) is 12.8 Å². The van der Waals surface area contributed by atoms with E-state index in [1.165, 1.54) is 0 Å². The Hall–Kier alpha value is -2.29. The third-order valence-corrected chi connectivity index (χ3v) is 3.60. The molecule has 1 aliphatic rings. The number of carbonyl (C=O) groups is 1. The van der Waals surface area contributed by atoms with E-state index in [1.54, 1.807) is 23.2 Å². The lowest BCUT2D eigenvalue weighted by Gasteiger charge is -2.33. The summed E-state index contributed by atoms with van der Waals surface area (Å²) in [6.07, 6.45) is 3.11. The third-order valence-electron chi connectivity index (χ3n) is 3.60. The highest BCUT2D eigenvalue weighted by Crippen LogP contribution is 2.21. The SMILES string of the molecule is CC(C)(C)OC(=O)N1CCC(COc2ccc(C#N)nc2)CC1. The van der Waals surface area contributed by atoms with Gasteiger partial charge in [-0.05, 0) is 51.7 Å². The largest absolute Gasteiger partial charge is 0.492 e. The molecule has 1 saturated heterocycles. The fraction of sp³-hybridized carbons (Fsp3) is 0.588. The first-order valence-corrected chi connectivity index (χ1v) is 7.84. The molecule has 0 N–H and O–H groups in total. The highest BCUT2D eigenvalue weighted by atomic mass is 16.6. The molecule has 2 rings (SSSR count). The van der Waals surface area contributed by atoms with E-state index >= 15 is 0 Å². The molecule has 0 aromatic carbocycles. The molecule has 0 bridgehead atoms. The van der Waals surface area contributed by atoms with Crippen LogP contribution < -0.4 is 4.74 Å². The van der Waals surface area contributed by atoms with Gasteiger partial charge in [0.2, 0.25) is 0 Å². The maximum absolute atomic E-state index is 12.0. The number of pyridine rings is 1. The number of likely N-dealkylation sites (tertiary alicyclic amines) is 1. The molecular weight excluding hydrogens is 294 g/mol. The van der Waals surface area contributed by atoms with Crippen LogP contribution in [0.2, 0.25) is 0 Å². The van der Waals surface area contributed by atoms with E-state index in [-0.39, 0.29) is 6.09 Å². The van der Waals surface area contributed by atoms with E-state index in [4.69, 9.17) is 14.7 Å². The van der Waals surface area contributed by atoms with Gasteiger partial charge >= 0.3 is 6.09 Å². The van der Waals surface area contributed by atoms with Crippen LogP contribution in [0.5, 0.6) is 5.75 Å².